The van der Waals surface area contributed by atoms with E-state index in [4.69, 9.17) is 26.1 Å². The van der Waals surface area contributed by atoms with Crippen molar-refractivity contribution in [2.75, 3.05) is 20.3 Å². The number of methoxy groups -OCH3 is 1. The van der Waals surface area contributed by atoms with E-state index in [1.165, 1.54) is 17.0 Å². The Morgan fingerprint density at radius 2 is 2.13 bits per heavy atom. The number of thiocarbonyl (C=S) groups is 1. The largest absolute Gasteiger partial charge is 0.486 e. The normalized spacial score (nSPS) is 15.0. The molecule has 1 N–H and O–H groups in total. The number of ether oxygens (including phenoxy) is 2. The van der Waals surface area contributed by atoms with Crippen molar-refractivity contribution in [1.82, 2.24) is 10.2 Å². The lowest BCUT2D eigenvalue weighted by atomic mass is 10.2. The van der Waals surface area contributed by atoms with Crippen LogP contribution >= 0.6 is 12.2 Å². The number of nitro groups is 1. The number of nitro benzene ring substituents is 1. The van der Waals surface area contributed by atoms with Gasteiger partial charge in [-0.3, -0.25) is 19.8 Å². The van der Waals surface area contributed by atoms with Crippen molar-refractivity contribution in [2.24, 2.45) is 0 Å². The zero-order valence-corrected chi connectivity index (χ0v) is 17.4. The second kappa shape index (κ2) is 9.51. The molecule has 0 bridgehead atoms. The van der Waals surface area contributed by atoms with Gasteiger partial charge < -0.3 is 19.2 Å². The molecule has 0 aliphatic carbocycles. The number of carbonyl (C=O) groups is 1. The van der Waals surface area contributed by atoms with Gasteiger partial charge in [0.25, 0.3) is 11.6 Å². The van der Waals surface area contributed by atoms with Gasteiger partial charge in [0.2, 0.25) is 0 Å². The first-order valence-corrected chi connectivity index (χ1v) is 9.60. The third-order valence-electron chi connectivity index (χ3n) is 4.41. The van der Waals surface area contributed by atoms with Gasteiger partial charge in [0, 0.05) is 38.0 Å². The van der Waals surface area contributed by atoms with Gasteiger partial charge in [-0.05, 0) is 49.8 Å². The predicted molar refractivity (Wildman–Crippen MR) is 113 cm³/mol. The van der Waals surface area contributed by atoms with Crippen molar-refractivity contribution in [3.63, 3.8) is 0 Å². The highest BCUT2D eigenvalue weighted by atomic mass is 32.1. The standard InChI is InChI=1S/C20H21N3O6S/c1-13-10-14(6-7-18(13)23(25)26)28-12-16-5-4-15(29-16)11-17-19(24)22(20(30)21-17)8-3-9-27-2/h4-7,10-11H,3,8-9,12H2,1-2H3,(H,21,30)/b17-11+. The van der Waals surface area contributed by atoms with Crippen molar-refractivity contribution in [2.45, 2.75) is 20.0 Å². The molecule has 0 atom stereocenters. The summed E-state index contributed by atoms with van der Waals surface area (Å²) in [6.45, 7) is 2.81. The predicted octanol–water partition coefficient (Wildman–Crippen LogP) is 3.17. The lowest BCUT2D eigenvalue weighted by Crippen LogP contribution is -2.32. The van der Waals surface area contributed by atoms with E-state index < -0.39 is 4.92 Å². The molecular weight excluding hydrogens is 410 g/mol. The molecule has 158 valence electrons. The third-order valence-corrected chi connectivity index (χ3v) is 4.73. The third kappa shape index (κ3) is 5.02. The summed E-state index contributed by atoms with van der Waals surface area (Å²) in [4.78, 5) is 24.4. The fraction of sp³-hybridized carbons (Fsp3) is 0.300. The van der Waals surface area contributed by atoms with Crippen molar-refractivity contribution in [3.05, 3.63) is 63.2 Å². The molecule has 10 heteroatoms. The van der Waals surface area contributed by atoms with Gasteiger partial charge >= 0.3 is 0 Å². The van der Waals surface area contributed by atoms with Crippen LogP contribution in [0.25, 0.3) is 6.08 Å². The molecule has 3 rings (SSSR count). The van der Waals surface area contributed by atoms with Crippen molar-refractivity contribution in [1.29, 1.82) is 0 Å². The van der Waals surface area contributed by atoms with E-state index in [0.29, 0.717) is 53.2 Å². The Balaban J connectivity index is 1.61. The number of nitrogens with zero attached hydrogens (tertiary/aromatic N) is 2. The second-order valence-electron chi connectivity index (χ2n) is 6.59. The summed E-state index contributed by atoms with van der Waals surface area (Å²) in [7, 11) is 1.61. The van der Waals surface area contributed by atoms with E-state index in [-0.39, 0.29) is 18.2 Å². The van der Waals surface area contributed by atoms with E-state index in [1.54, 1.807) is 38.3 Å². The van der Waals surface area contributed by atoms with Gasteiger partial charge in [-0.2, -0.15) is 0 Å². The maximum atomic E-state index is 12.5. The minimum Gasteiger partial charge on any atom is -0.486 e. The molecule has 1 saturated heterocycles. The number of benzene rings is 1. The van der Waals surface area contributed by atoms with E-state index in [2.05, 4.69) is 5.32 Å². The molecule has 0 unspecified atom stereocenters. The maximum Gasteiger partial charge on any atom is 0.276 e. The van der Waals surface area contributed by atoms with Crippen molar-refractivity contribution < 1.29 is 23.6 Å². The van der Waals surface area contributed by atoms with Gasteiger partial charge in [0.1, 0.15) is 29.6 Å². The molecule has 0 radical (unpaired) electrons. The lowest BCUT2D eigenvalue weighted by Gasteiger charge is -2.12. The fourth-order valence-corrected chi connectivity index (χ4v) is 3.19. The topological polar surface area (TPSA) is 107 Å². The first kappa shape index (κ1) is 21.5. The van der Waals surface area contributed by atoms with Crippen LogP contribution in [0, 0.1) is 17.0 Å². The Labute approximate surface area is 178 Å². The Hall–Kier alpha value is -3.24. The van der Waals surface area contributed by atoms with E-state index in [9.17, 15) is 14.9 Å². The van der Waals surface area contributed by atoms with Gasteiger partial charge in [-0.1, -0.05) is 0 Å². The summed E-state index contributed by atoms with van der Waals surface area (Å²) >= 11 is 5.22. The quantitative estimate of drug-likeness (QED) is 0.212. The molecule has 9 nitrogen and oxygen atoms in total. The summed E-state index contributed by atoms with van der Waals surface area (Å²) in [6, 6.07) is 8.00. The Morgan fingerprint density at radius 3 is 2.83 bits per heavy atom. The van der Waals surface area contributed by atoms with Crippen LogP contribution in [0.15, 0.2) is 40.4 Å². The molecule has 1 aromatic heterocycles. The highest BCUT2D eigenvalue weighted by molar-refractivity contribution is 7.80. The molecule has 1 amide bonds. The molecule has 1 aliphatic rings. The maximum absolute atomic E-state index is 12.5. The van der Waals surface area contributed by atoms with Crippen LogP contribution < -0.4 is 10.1 Å². The molecule has 1 fully saturated rings. The number of hydrogen-bond acceptors (Lipinski definition) is 7. The molecule has 2 aromatic rings. The summed E-state index contributed by atoms with van der Waals surface area (Å²) in [5.41, 5.74) is 0.890. The Kier molecular flexibility index (Phi) is 6.80. The molecule has 1 aliphatic heterocycles. The highest BCUT2D eigenvalue weighted by Gasteiger charge is 2.30. The van der Waals surface area contributed by atoms with Crippen LogP contribution in [0.1, 0.15) is 23.5 Å². The molecule has 30 heavy (non-hydrogen) atoms. The average Bonchev–Trinajstić information content (AvgIpc) is 3.25. The number of carbonyl (C=O) groups excluding carboxylic acids is 1. The van der Waals surface area contributed by atoms with E-state index in [1.807, 2.05) is 0 Å². The number of hydrogen-bond donors (Lipinski definition) is 1. The lowest BCUT2D eigenvalue weighted by molar-refractivity contribution is -0.385. The van der Waals surface area contributed by atoms with Gasteiger partial charge in [-0.15, -0.1) is 0 Å². The zero-order chi connectivity index (χ0) is 21.7. The highest BCUT2D eigenvalue weighted by Crippen LogP contribution is 2.24. The summed E-state index contributed by atoms with van der Waals surface area (Å²) < 4.78 is 16.3. The number of nitrogens with one attached hydrogen (secondary N) is 1. The van der Waals surface area contributed by atoms with Crippen LogP contribution in [0.4, 0.5) is 5.69 Å². The van der Waals surface area contributed by atoms with Gasteiger partial charge in [0.05, 0.1) is 4.92 Å². The fourth-order valence-electron chi connectivity index (χ4n) is 2.91. The van der Waals surface area contributed by atoms with Crippen molar-refractivity contribution in [3.8, 4) is 5.75 Å². The number of furan rings is 1. The number of aryl methyl sites for hydroxylation is 1. The van der Waals surface area contributed by atoms with Crippen molar-refractivity contribution >= 4 is 35.0 Å². The molecular formula is C20H21N3O6S. The minimum absolute atomic E-state index is 0.0390. The van der Waals surface area contributed by atoms with Crippen LogP contribution in [0.2, 0.25) is 0 Å². The van der Waals surface area contributed by atoms with Gasteiger partial charge in [0.15, 0.2) is 5.11 Å². The first-order valence-electron chi connectivity index (χ1n) is 9.19. The molecule has 0 saturated carbocycles. The summed E-state index contributed by atoms with van der Waals surface area (Å²) in [5.74, 6) is 1.31. The van der Waals surface area contributed by atoms with Crippen LogP contribution in [0.5, 0.6) is 5.75 Å². The SMILES string of the molecule is COCCCN1C(=O)/C(=C\c2ccc(COc3ccc([N+](=O)[O-])c(C)c3)o2)NC1=S. The van der Waals surface area contributed by atoms with Gasteiger partial charge in [-0.25, -0.2) is 0 Å². The number of amides is 1. The van der Waals surface area contributed by atoms with Crippen LogP contribution in [-0.4, -0.2) is 41.1 Å². The van der Waals surface area contributed by atoms with Crippen LogP contribution in [-0.2, 0) is 16.1 Å². The summed E-state index contributed by atoms with van der Waals surface area (Å²) in [6.07, 6.45) is 2.27. The van der Waals surface area contributed by atoms with E-state index >= 15 is 0 Å². The molecule has 2 heterocycles. The smallest absolute Gasteiger partial charge is 0.276 e. The zero-order valence-electron chi connectivity index (χ0n) is 16.5. The Morgan fingerprint density at radius 1 is 1.33 bits per heavy atom. The van der Waals surface area contributed by atoms with E-state index in [0.717, 1.165) is 0 Å². The minimum atomic E-state index is -0.436. The average molecular weight is 431 g/mol. The number of rotatable bonds is 9. The summed E-state index contributed by atoms with van der Waals surface area (Å²) in [5, 5.41) is 14.1. The van der Waals surface area contributed by atoms with Crippen LogP contribution in [0.3, 0.4) is 0 Å². The first-order chi connectivity index (χ1) is 14.4. The second-order valence-corrected chi connectivity index (χ2v) is 6.98. The Bertz CT molecular complexity index is 1000. The molecule has 0 spiro atoms. The molecule has 1 aromatic carbocycles. The monoisotopic (exact) mass is 431 g/mol.